The molecule has 3 rings (SSSR count). The Labute approximate surface area is 135 Å². The molecule has 3 heterocycles. The van der Waals surface area contributed by atoms with Gasteiger partial charge in [0.2, 0.25) is 11.8 Å². The van der Waals surface area contributed by atoms with Crippen LogP contribution in [0.1, 0.15) is 54.8 Å². The van der Waals surface area contributed by atoms with Crippen LogP contribution in [-0.4, -0.2) is 43.8 Å². The lowest BCUT2D eigenvalue weighted by Gasteiger charge is -2.33. The van der Waals surface area contributed by atoms with Crippen molar-refractivity contribution in [2.75, 3.05) is 13.1 Å². The first-order valence-electron chi connectivity index (χ1n) is 8.07. The standard InChI is InChI=1S/C16H23N5O2/c1-10-8-11(2)21(18-10)12(3)16(22)20-7-5-6-14(9-20)15-17-13(4)19-23-15/h8,12,14H,5-7,9H2,1-4H3. The lowest BCUT2D eigenvalue weighted by molar-refractivity contribution is -0.136. The number of aryl methyl sites for hydroxylation is 3. The normalized spacial score (nSPS) is 19.8. The highest BCUT2D eigenvalue weighted by Gasteiger charge is 2.31. The molecule has 1 fully saturated rings. The number of hydrogen-bond donors (Lipinski definition) is 0. The summed E-state index contributed by atoms with van der Waals surface area (Å²) in [7, 11) is 0. The molecule has 23 heavy (non-hydrogen) atoms. The average Bonchev–Trinajstić information content (AvgIpc) is 3.11. The van der Waals surface area contributed by atoms with Crippen molar-refractivity contribution < 1.29 is 9.32 Å². The number of carbonyl (C=O) groups excluding carboxylic acids is 1. The summed E-state index contributed by atoms with van der Waals surface area (Å²) in [5, 5.41) is 8.29. The van der Waals surface area contributed by atoms with Crippen molar-refractivity contribution in [3.05, 3.63) is 29.2 Å². The summed E-state index contributed by atoms with van der Waals surface area (Å²) in [5.74, 6) is 1.50. The fourth-order valence-electron chi connectivity index (χ4n) is 3.26. The van der Waals surface area contributed by atoms with Crippen molar-refractivity contribution in [1.29, 1.82) is 0 Å². The van der Waals surface area contributed by atoms with Crippen LogP contribution >= 0.6 is 0 Å². The predicted octanol–water partition coefficient (Wildman–Crippen LogP) is 2.16. The van der Waals surface area contributed by atoms with Gasteiger partial charge in [0.1, 0.15) is 6.04 Å². The molecule has 1 amide bonds. The number of piperidine rings is 1. The fraction of sp³-hybridized carbons (Fsp3) is 0.625. The van der Waals surface area contributed by atoms with Crippen molar-refractivity contribution in [1.82, 2.24) is 24.8 Å². The van der Waals surface area contributed by atoms with Gasteiger partial charge in [0.15, 0.2) is 5.82 Å². The fourth-order valence-corrected chi connectivity index (χ4v) is 3.26. The van der Waals surface area contributed by atoms with Gasteiger partial charge in [0, 0.05) is 18.8 Å². The van der Waals surface area contributed by atoms with Crippen LogP contribution in [0.2, 0.25) is 0 Å². The molecule has 0 bridgehead atoms. The molecule has 0 radical (unpaired) electrons. The Bertz CT molecular complexity index is 705. The van der Waals surface area contributed by atoms with Gasteiger partial charge in [-0.05, 0) is 46.6 Å². The van der Waals surface area contributed by atoms with Gasteiger partial charge >= 0.3 is 0 Å². The number of aromatic nitrogens is 4. The van der Waals surface area contributed by atoms with Crippen molar-refractivity contribution in [2.24, 2.45) is 0 Å². The average molecular weight is 317 g/mol. The maximum atomic E-state index is 12.8. The lowest BCUT2D eigenvalue weighted by Crippen LogP contribution is -2.42. The third-order valence-electron chi connectivity index (χ3n) is 4.39. The van der Waals surface area contributed by atoms with Crippen LogP contribution in [0.15, 0.2) is 10.6 Å². The van der Waals surface area contributed by atoms with E-state index in [-0.39, 0.29) is 17.9 Å². The Morgan fingerprint density at radius 1 is 1.39 bits per heavy atom. The first-order valence-corrected chi connectivity index (χ1v) is 8.07. The highest BCUT2D eigenvalue weighted by molar-refractivity contribution is 5.80. The van der Waals surface area contributed by atoms with Crippen molar-refractivity contribution >= 4 is 5.91 Å². The van der Waals surface area contributed by atoms with Crippen LogP contribution in [-0.2, 0) is 4.79 Å². The number of hydrogen-bond acceptors (Lipinski definition) is 5. The Morgan fingerprint density at radius 3 is 2.78 bits per heavy atom. The SMILES string of the molecule is Cc1cc(C)n(C(C)C(=O)N2CCCC(c3nc(C)no3)C2)n1. The zero-order chi connectivity index (χ0) is 16.6. The Kier molecular flexibility index (Phi) is 4.19. The molecule has 0 aliphatic carbocycles. The van der Waals surface area contributed by atoms with Crippen LogP contribution in [0.25, 0.3) is 0 Å². The Morgan fingerprint density at radius 2 is 2.17 bits per heavy atom. The molecule has 7 nitrogen and oxygen atoms in total. The number of nitrogens with zero attached hydrogens (tertiary/aromatic N) is 5. The molecule has 0 saturated carbocycles. The van der Waals surface area contributed by atoms with Crippen LogP contribution in [0, 0.1) is 20.8 Å². The van der Waals surface area contributed by atoms with Crippen LogP contribution in [0.4, 0.5) is 0 Å². The van der Waals surface area contributed by atoms with E-state index in [1.807, 2.05) is 38.7 Å². The Hall–Kier alpha value is -2.18. The summed E-state index contributed by atoms with van der Waals surface area (Å²) in [4.78, 5) is 19.1. The zero-order valence-corrected chi connectivity index (χ0v) is 14.1. The third kappa shape index (κ3) is 3.13. The van der Waals surface area contributed by atoms with Gasteiger partial charge < -0.3 is 9.42 Å². The summed E-state index contributed by atoms with van der Waals surface area (Å²) in [5.41, 5.74) is 1.93. The van der Waals surface area contributed by atoms with Crippen LogP contribution < -0.4 is 0 Å². The minimum atomic E-state index is -0.299. The van der Waals surface area contributed by atoms with E-state index in [4.69, 9.17) is 4.52 Å². The van der Waals surface area contributed by atoms with E-state index in [1.165, 1.54) is 0 Å². The monoisotopic (exact) mass is 317 g/mol. The smallest absolute Gasteiger partial charge is 0.247 e. The summed E-state index contributed by atoms with van der Waals surface area (Å²) < 4.78 is 7.09. The van der Waals surface area contributed by atoms with Crippen molar-refractivity contribution in [3.63, 3.8) is 0 Å². The van der Waals surface area contributed by atoms with E-state index in [9.17, 15) is 4.79 Å². The van der Waals surface area contributed by atoms with Gasteiger partial charge in [-0.25, -0.2) is 0 Å². The van der Waals surface area contributed by atoms with Gasteiger partial charge in [0.25, 0.3) is 0 Å². The lowest BCUT2D eigenvalue weighted by atomic mass is 9.97. The van der Waals surface area contributed by atoms with E-state index < -0.39 is 0 Å². The second kappa shape index (κ2) is 6.14. The van der Waals surface area contributed by atoms with Crippen LogP contribution in [0.3, 0.4) is 0 Å². The van der Waals surface area contributed by atoms with Crippen molar-refractivity contribution in [3.8, 4) is 0 Å². The number of amides is 1. The molecular weight excluding hydrogens is 294 g/mol. The summed E-state index contributed by atoms with van der Waals surface area (Å²) >= 11 is 0. The minimum Gasteiger partial charge on any atom is -0.340 e. The molecule has 7 heteroatoms. The highest BCUT2D eigenvalue weighted by atomic mass is 16.5. The van der Waals surface area contributed by atoms with Crippen molar-refractivity contribution in [2.45, 2.75) is 52.5 Å². The summed E-state index contributed by atoms with van der Waals surface area (Å²) in [6.45, 7) is 9.03. The predicted molar refractivity (Wildman–Crippen MR) is 84.0 cm³/mol. The van der Waals surface area contributed by atoms with Gasteiger partial charge in [-0.1, -0.05) is 5.16 Å². The van der Waals surface area contributed by atoms with Gasteiger partial charge in [-0.2, -0.15) is 10.1 Å². The first-order chi connectivity index (χ1) is 11.0. The molecule has 2 aromatic heterocycles. The second-order valence-electron chi connectivity index (χ2n) is 6.35. The number of carbonyl (C=O) groups is 1. The summed E-state index contributed by atoms with van der Waals surface area (Å²) in [6.07, 6.45) is 1.92. The molecule has 1 aliphatic heterocycles. The van der Waals surface area contributed by atoms with E-state index in [0.717, 1.165) is 30.8 Å². The molecule has 0 spiro atoms. The maximum Gasteiger partial charge on any atom is 0.247 e. The highest BCUT2D eigenvalue weighted by Crippen LogP contribution is 2.27. The largest absolute Gasteiger partial charge is 0.340 e. The van der Waals surface area contributed by atoms with E-state index in [0.29, 0.717) is 18.3 Å². The second-order valence-corrected chi connectivity index (χ2v) is 6.35. The molecule has 0 N–H and O–H groups in total. The topological polar surface area (TPSA) is 77.0 Å². The van der Waals surface area contributed by atoms with Gasteiger partial charge in [-0.15, -0.1) is 0 Å². The minimum absolute atomic E-state index is 0.0946. The maximum absolute atomic E-state index is 12.8. The molecule has 1 aliphatic rings. The van der Waals surface area contributed by atoms with E-state index in [1.54, 1.807) is 4.68 Å². The molecular formula is C16H23N5O2. The molecule has 1 saturated heterocycles. The quantitative estimate of drug-likeness (QED) is 0.867. The molecule has 2 atom stereocenters. The Balaban J connectivity index is 1.73. The van der Waals surface area contributed by atoms with E-state index >= 15 is 0 Å². The molecule has 2 unspecified atom stereocenters. The van der Waals surface area contributed by atoms with Gasteiger partial charge in [-0.3, -0.25) is 9.48 Å². The molecule has 124 valence electrons. The zero-order valence-electron chi connectivity index (χ0n) is 14.1. The third-order valence-corrected chi connectivity index (χ3v) is 4.39. The number of rotatable bonds is 3. The van der Waals surface area contributed by atoms with Gasteiger partial charge in [0.05, 0.1) is 11.6 Å². The molecule has 2 aromatic rings. The van der Waals surface area contributed by atoms with Crippen LogP contribution in [0.5, 0.6) is 0 Å². The first kappa shape index (κ1) is 15.7. The van der Waals surface area contributed by atoms with E-state index in [2.05, 4.69) is 15.2 Å². The summed E-state index contributed by atoms with van der Waals surface area (Å²) in [6, 6.07) is 1.69. The molecule has 0 aromatic carbocycles. The number of likely N-dealkylation sites (tertiary alicyclic amines) is 1.